The van der Waals surface area contributed by atoms with Crippen molar-refractivity contribution in [2.75, 3.05) is 50.9 Å². The molecule has 16 heteroatoms. The van der Waals surface area contributed by atoms with Crippen molar-refractivity contribution in [3.8, 4) is 0 Å². The second kappa shape index (κ2) is 20.6. The average Bonchev–Trinajstić information content (AvgIpc) is 3.79. The third-order valence-electron chi connectivity index (χ3n) is 9.03. The number of hydrogen-bond acceptors (Lipinski definition) is 11. The summed E-state index contributed by atoms with van der Waals surface area (Å²) < 4.78 is 15.4. The largest absolute Gasteiger partial charge is 0.396 e. The summed E-state index contributed by atoms with van der Waals surface area (Å²) >= 11 is 17.9. The molecular weight excluding hydrogens is 703 g/mol. The van der Waals surface area contributed by atoms with Crippen LogP contribution in [-0.2, 0) is 9.47 Å². The van der Waals surface area contributed by atoms with Crippen molar-refractivity contribution in [1.29, 1.82) is 0 Å². The Labute approximate surface area is 309 Å². The summed E-state index contributed by atoms with van der Waals surface area (Å²) in [4.78, 5) is 27.9. The number of fused-ring (bicyclic) bond motifs is 2. The van der Waals surface area contributed by atoms with E-state index in [1.807, 2.05) is 15.5 Å². The van der Waals surface area contributed by atoms with Crippen molar-refractivity contribution >= 4 is 62.9 Å². The fourth-order valence-corrected chi connectivity index (χ4v) is 6.91. The maximum absolute atomic E-state index is 8.07. The number of aromatic nitrogens is 8. The van der Waals surface area contributed by atoms with Gasteiger partial charge in [0.05, 0.1) is 12.7 Å². The summed E-state index contributed by atoms with van der Waals surface area (Å²) in [6.45, 7) is 8.47. The van der Waals surface area contributed by atoms with E-state index in [4.69, 9.17) is 49.4 Å². The molecule has 4 aromatic heterocycles. The number of ether oxygens (including phenoxy) is 2. The van der Waals surface area contributed by atoms with Crippen LogP contribution in [0.1, 0.15) is 109 Å². The number of imidazole rings is 2. The van der Waals surface area contributed by atoms with Crippen molar-refractivity contribution < 1.29 is 14.6 Å². The van der Waals surface area contributed by atoms with Gasteiger partial charge in [-0.1, -0.05) is 31.4 Å². The molecule has 0 radical (unpaired) electrons. The van der Waals surface area contributed by atoms with Crippen LogP contribution in [0.3, 0.4) is 0 Å². The average molecular weight is 754 g/mol. The molecule has 4 aliphatic rings. The van der Waals surface area contributed by atoms with E-state index in [1.54, 1.807) is 6.33 Å². The maximum Gasteiger partial charge on any atom is 0.226 e. The molecule has 0 aromatic carbocycles. The van der Waals surface area contributed by atoms with Gasteiger partial charge in [0, 0.05) is 32.9 Å². The van der Waals surface area contributed by atoms with Crippen molar-refractivity contribution in [3.05, 3.63) is 28.4 Å². The zero-order valence-electron chi connectivity index (χ0n) is 29.1. The number of nitrogens with zero attached hydrogens (tertiary/aromatic N) is 9. The summed E-state index contributed by atoms with van der Waals surface area (Å²) in [7, 11) is 0. The van der Waals surface area contributed by atoms with E-state index in [-0.39, 0.29) is 28.2 Å². The van der Waals surface area contributed by atoms with E-state index in [0.29, 0.717) is 17.8 Å². The molecular formula is C34H51Cl3N10O3. The summed E-state index contributed by atoms with van der Waals surface area (Å²) in [5.41, 5.74) is 2.81. The molecule has 0 bridgehead atoms. The second-order valence-corrected chi connectivity index (χ2v) is 13.9. The zero-order valence-corrected chi connectivity index (χ0v) is 31.3. The van der Waals surface area contributed by atoms with Crippen LogP contribution < -0.4 is 10.2 Å². The van der Waals surface area contributed by atoms with Gasteiger partial charge >= 0.3 is 0 Å². The molecule has 276 valence electrons. The monoisotopic (exact) mass is 752 g/mol. The van der Waals surface area contributed by atoms with Crippen LogP contribution in [0.2, 0.25) is 15.7 Å². The Morgan fingerprint density at radius 2 is 1.28 bits per heavy atom. The SMILES string of the molecule is C1CCNCC1.CCCCO.Clc1nc(Cl)c2ncn(C3CCCCO3)c2n1.Clc1nc(N2CCCCC2)c2ncn(C3CCCCO3)c2n1. The molecule has 8 rings (SSSR count). The Hall–Kier alpha value is -2.39. The van der Waals surface area contributed by atoms with E-state index in [9.17, 15) is 0 Å². The Kier molecular flexibility index (Phi) is 16.0. The standard InChI is InChI=1S/C15H20ClN5O.C10H10Cl2N4O.C5H11N.C4H10O/c16-15-18-13(20-7-3-1-4-8-20)12-14(19-15)21(10-17-12)11-6-2-5-9-22-11;11-8-7-9(15-10(12)14-8)16(5-13-7)6-3-1-2-4-17-6;1-2-4-6-5-3-1;1-2-3-4-5/h10-11H,1-9H2;5-6H,1-4H2;6H,1-5H2;5H,2-4H2,1H3. The molecule has 4 fully saturated rings. The number of aliphatic hydroxyl groups excluding tert-OH is 1. The molecule has 13 nitrogen and oxygen atoms in total. The normalized spacial score (nSPS) is 21.0. The summed E-state index contributed by atoms with van der Waals surface area (Å²) in [5.74, 6) is 0.865. The van der Waals surface area contributed by atoms with E-state index < -0.39 is 0 Å². The molecule has 4 aliphatic heterocycles. The van der Waals surface area contributed by atoms with Gasteiger partial charge in [0.25, 0.3) is 0 Å². The number of rotatable bonds is 5. The maximum atomic E-state index is 8.07. The summed E-state index contributed by atoms with van der Waals surface area (Å²) in [5, 5.41) is 12.0. The van der Waals surface area contributed by atoms with Gasteiger partial charge in [-0.25, -0.2) is 15.0 Å². The molecule has 50 heavy (non-hydrogen) atoms. The van der Waals surface area contributed by atoms with Crippen LogP contribution in [0.15, 0.2) is 12.7 Å². The number of hydrogen-bond donors (Lipinski definition) is 2. The van der Waals surface area contributed by atoms with Crippen LogP contribution >= 0.6 is 34.8 Å². The van der Waals surface area contributed by atoms with Crippen molar-refractivity contribution in [2.24, 2.45) is 0 Å². The Balaban J connectivity index is 0.000000152. The molecule has 0 spiro atoms. The first-order chi connectivity index (χ1) is 24.5. The summed E-state index contributed by atoms with van der Waals surface area (Å²) in [6, 6.07) is 0. The number of nitrogens with one attached hydrogen (secondary N) is 1. The first-order valence-corrected chi connectivity index (χ1v) is 19.4. The van der Waals surface area contributed by atoms with Crippen LogP contribution in [0.5, 0.6) is 0 Å². The van der Waals surface area contributed by atoms with Crippen molar-refractivity contribution in [2.45, 2.75) is 109 Å². The minimum Gasteiger partial charge on any atom is -0.396 e. The van der Waals surface area contributed by atoms with Crippen molar-refractivity contribution in [1.82, 2.24) is 44.4 Å². The highest BCUT2D eigenvalue weighted by atomic mass is 35.5. The lowest BCUT2D eigenvalue weighted by molar-refractivity contribution is -0.0299. The predicted molar refractivity (Wildman–Crippen MR) is 198 cm³/mol. The number of piperidine rings is 2. The number of aliphatic hydroxyl groups is 1. The van der Waals surface area contributed by atoms with E-state index in [2.05, 4.69) is 47.0 Å². The minimum absolute atomic E-state index is 0.0129. The van der Waals surface area contributed by atoms with Crippen LogP contribution in [0.25, 0.3) is 22.3 Å². The molecule has 0 aliphatic carbocycles. The Bertz CT molecular complexity index is 1570. The Morgan fingerprint density at radius 3 is 1.76 bits per heavy atom. The third-order valence-corrected chi connectivity index (χ3v) is 9.64. The zero-order chi connectivity index (χ0) is 35.1. The van der Waals surface area contributed by atoms with Gasteiger partial charge in [0.1, 0.15) is 18.0 Å². The molecule has 2 N–H and O–H groups in total. The molecule has 2 atom stereocenters. The Morgan fingerprint density at radius 1 is 0.720 bits per heavy atom. The lowest BCUT2D eigenvalue weighted by Gasteiger charge is -2.28. The summed E-state index contributed by atoms with van der Waals surface area (Å²) in [6.07, 6.45) is 19.9. The topological polar surface area (TPSA) is 141 Å². The van der Waals surface area contributed by atoms with E-state index >= 15 is 0 Å². The van der Waals surface area contributed by atoms with Crippen LogP contribution in [-0.4, -0.2) is 90.1 Å². The first kappa shape index (κ1) is 38.8. The van der Waals surface area contributed by atoms with Crippen molar-refractivity contribution in [3.63, 3.8) is 0 Å². The fraction of sp³-hybridized carbons (Fsp3) is 0.706. The van der Waals surface area contributed by atoms with Gasteiger partial charge in [-0.3, -0.25) is 9.13 Å². The van der Waals surface area contributed by atoms with Gasteiger partial charge in [0.2, 0.25) is 10.6 Å². The van der Waals surface area contributed by atoms with Gasteiger partial charge in [-0.15, -0.1) is 0 Å². The smallest absolute Gasteiger partial charge is 0.226 e. The lowest BCUT2D eigenvalue weighted by Crippen LogP contribution is -2.30. The molecule has 0 amide bonds. The molecule has 8 heterocycles. The molecule has 4 aromatic rings. The van der Waals surface area contributed by atoms with Gasteiger partial charge in [-0.2, -0.15) is 15.0 Å². The predicted octanol–water partition coefficient (Wildman–Crippen LogP) is 7.54. The van der Waals surface area contributed by atoms with Gasteiger partial charge in [-0.05, 0) is 113 Å². The number of halogens is 3. The van der Waals surface area contributed by atoms with E-state index in [0.717, 1.165) is 88.2 Å². The highest BCUT2D eigenvalue weighted by molar-refractivity contribution is 6.35. The van der Waals surface area contributed by atoms with Crippen LogP contribution in [0.4, 0.5) is 5.82 Å². The molecule has 0 saturated carbocycles. The number of unbranched alkanes of at least 4 members (excludes halogenated alkanes) is 1. The molecule has 4 saturated heterocycles. The second-order valence-electron chi connectivity index (χ2n) is 12.8. The number of anilines is 1. The van der Waals surface area contributed by atoms with Gasteiger partial charge in [0.15, 0.2) is 27.8 Å². The third kappa shape index (κ3) is 10.8. The van der Waals surface area contributed by atoms with Gasteiger partial charge < -0.3 is 24.8 Å². The highest BCUT2D eigenvalue weighted by Crippen LogP contribution is 2.31. The van der Waals surface area contributed by atoms with Crippen LogP contribution in [0, 0.1) is 0 Å². The highest BCUT2D eigenvalue weighted by Gasteiger charge is 2.24. The first-order valence-electron chi connectivity index (χ1n) is 18.3. The van der Waals surface area contributed by atoms with E-state index in [1.165, 1.54) is 58.0 Å². The quantitative estimate of drug-likeness (QED) is 0.154. The minimum atomic E-state index is -0.0317. The lowest BCUT2D eigenvalue weighted by atomic mass is 10.1. The fourth-order valence-electron chi connectivity index (χ4n) is 6.33. The molecule has 2 unspecified atom stereocenters.